The molecular formula is C17H23FO2. The van der Waals surface area contributed by atoms with Crippen LogP contribution in [0.3, 0.4) is 0 Å². The van der Waals surface area contributed by atoms with Crippen molar-refractivity contribution in [2.24, 2.45) is 5.92 Å². The lowest BCUT2D eigenvalue weighted by Crippen LogP contribution is -2.44. The van der Waals surface area contributed by atoms with Gasteiger partial charge in [-0.05, 0) is 56.2 Å². The zero-order chi connectivity index (χ0) is 14.2. The van der Waals surface area contributed by atoms with Gasteiger partial charge in [0.1, 0.15) is 5.82 Å². The highest BCUT2D eigenvalue weighted by Crippen LogP contribution is 2.47. The molecule has 1 N–H and O–H groups in total. The van der Waals surface area contributed by atoms with Crippen LogP contribution in [0.1, 0.15) is 51.0 Å². The van der Waals surface area contributed by atoms with E-state index in [1.165, 1.54) is 25.0 Å². The number of rotatable bonds is 2. The van der Waals surface area contributed by atoms with Crippen LogP contribution in [0, 0.1) is 11.7 Å². The van der Waals surface area contributed by atoms with E-state index in [9.17, 15) is 9.50 Å². The molecule has 1 saturated heterocycles. The summed E-state index contributed by atoms with van der Waals surface area (Å²) < 4.78 is 19.1. The Morgan fingerprint density at radius 1 is 1.25 bits per heavy atom. The first-order valence-corrected chi connectivity index (χ1v) is 7.64. The molecule has 1 aromatic carbocycles. The molecule has 1 spiro atoms. The van der Waals surface area contributed by atoms with E-state index in [-0.39, 0.29) is 17.3 Å². The number of ether oxygens (including phenoxy) is 1. The largest absolute Gasteiger partial charge is 0.385 e. The highest BCUT2D eigenvalue weighted by molar-refractivity contribution is 5.23. The lowest BCUT2D eigenvalue weighted by Gasteiger charge is -2.44. The molecule has 2 unspecified atom stereocenters. The van der Waals surface area contributed by atoms with Crippen molar-refractivity contribution in [3.8, 4) is 0 Å². The van der Waals surface area contributed by atoms with Gasteiger partial charge in [-0.2, -0.15) is 0 Å². The summed E-state index contributed by atoms with van der Waals surface area (Å²) in [6, 6.07) is 6.25. The molecule has 0 amide bonds. The summed E-state index contributed by atoms with van der Waals surface area (Å²) in [5, 5.41) is 11.0. The van der Waals surface area contributed by atoms with Gasteiger partial charge in [0, 0.05) is 6.61 Å². The van der Waals surface area contributed by atoms with E-state index < -0.39 is 5.60 Å². The van der Waals surface area contributed by atoms with E-state index in [2.05, 4.69) is 0 Å². The van der Waals surface area contributed by atoms with E-state index >= 15 is 0 Å². The number of halogens is 1. The van der Waals surface area contributed by atoms with Gasteiger partial charge in [-0.25, -0.2) is 4.39 Å². The van der Waals surface area contributed by atoms with Crippen molar-refractivity contribution < 1.29 is 14.2 Å². The predicted octanol–water partition coefficient (Wildman–Crippen LogP) is 3.77. The smallest absolute Gasteiger partial charge is 0.123 e. The van der Waals surface area contributed by atoms with Gasteiger partial charge in [0.2, 0.25) is 0 Å². The third kappa shape index (κ3) is 2.49. The summed E-state index contributed by atoms with van der Waals surface area (Å²) in [6.07, 6.45) is 6.46. The maximum absolute atomic E-state index is 13.1. The summed E-state index contributed by atoms with van der Waals surface area (Å²) in [4.78, 5) is 0. The van der Waals surface area contributed by atoms with Gasteiger partial charge in [-0.15, -0.1) is 0 Å². The molecule has 0 radical (unpaired) electrons. The zero-order valence-corrected chi connectivity index (χ0v) is 12.1. The second-order valence-electron chi connectivity index (χ2n) is 6.58. The summed E-state index contributed by atoms with van der Waals surface area (Å²) in [5.74, 6) is -0.0800. The van der Waals surface area contributed by atoms with Crippen LogP contribution >= 0.6 is 0 Å². The van der Waals surface area contributed by atoms with Crippen molar-refractivity contribution in [2.75, 3.05) is 6.61 Å². The molecule has 3 rings (SSSR count). The van der Waals surface area contributed by atoms with E-state index in [0.717, 1.165) is 37.9 Å². The topological polar surface area (TPSA) is 29.5 Å². The fourth-order valence-corrected chi connectivity index (χ4v) is 3.90. The number of benzene rings is 1. The zero-order valence-electron chi connectivity index (χ0n) is 12.1. The lowest BCUT2D eigenvalue weighted by atomic mass is 9.73. The SMILES string of the molecule is CC(O)(c1ccc(F)cc1)C1CCOC2(CCCC2)C1. The summed E-state index contributed by atoms with van der Waals surface area (Å²) in [6.45, 7) is 2.58. The molecule has 1 aliphatic carbocycles. The molecule has 0 bridgehead atoms. The third-order valence-electron chi connectivity index (χ3n) is 5.23. The number of hydrogen-bond acceptors (Lipinski definition) is 2. The highest BCUT2D eigenvalue weighted by Gasteiger charge is 2.45. The normalized spacial score (nSPS) is 28.4. The molecule has 2 atom stereocenters. The Kier molecular flexibility index (Phi) is 3.59. The molecular weight excluding hydrogens is 255 g/mol. The first kappa shape index (κ1) is 14.0. The van der Waals surface area contributed by atoms with Crippen LogP contribution in [0.25, 0.3) is 0 Å². The molecule has 1 heterocycles. The van der Waals surface area contributed by atoms with Gasteiger partial charge in [0.15, 0.2) is 0 Å². The minimum atomic E-state index is -0.910. The molecule has 0 aromatic heterocycles. The monoisotopic (exact) mass is 278 g/mol. The van der Waals surface area contributed by atoms with Crippen LogP contribution in [0.5, 0.6) is 0 Å². The van der Waals surface area contributed by atoms with E-state index in [4.69, 9.17) is 4.74 Å². The van der Waals surface area contributed by atoms with Crippen molar-refractivity contribution >= 4 is 0 Å². The molecule has 1 aromatic rings. The summed E-state index contributed by atoms with van der Waals surface area (Å²) in [7, 11) is 0. The van der Waals surface area contributed by atoms with E-state index in [1.54, 1.807) is 12.1 Å². The van der Waals surface area contributed by atoms with E-state index in [0.29, 0.717) is 0 Å². The standard InChI is InChI=1S/C17H23FO2/c1-16(19,13-4-6-15(18)7-5-13)14-8-11-20-17(12-14)9-2-3-10-17/h4-7,14,19H,2-3,8-12H2,1H3. The van der Waals surface area contributed by atoms with Gasteiger partial charge >= 0.3 is 0 Å². The van der Waals surface area contributed by atoms with Crippen LogP contribution in [0.15, 0.2) is 24.3 Å². The Labute approximate surface area is 120 Å². The lowest BCUT2D eigenvalue weighted by molar-refractivity contribution is -0.138. The van der Waals surface area contributed by atoms with Crippen LogP contribution in [-0.4, -0.2) is 17.3 Å². The van der Waals surface area contributed by atoms with Crippen LogP contribution < -0.4 is 0 Å². The molecule has 2 fully saturated rings. The Balaban J connectivity index is 1.81. The minimum absolute atomic E-state index is 0.00701. The van der Waals surface area contributed by atoms with Crippen LogP contribution in [0.4, 0.5) is 4.39 Å². The minimum Gasteiger partial charge on any atom is -0.385 e. The van der Waals surface area contributed by atoms with Crippen molar-refractivity contribution in [1.29, 1.82) is 0 Å². The number of aliphatic hydroxyl groups is 1. The molecule has 20 heavy (non-hydrogen) atoms. The summed E-state index contributed by atoms with van der Waals surface area (Å²) >= 11 is 0. The molecule has 110 valence electrons. The molecule has 1 saturated carbocycles. The van der Waals surface area contributed by atoms with Crippen LogP contribution in [-0.2, 0) is 10.3 Å². The fraction of sp³-hybridized carbons (Fsp3) is 0.647. The quantitative estimate of drug-likeness (QED) is 0.892. The van der Waals surface area contributed by atoms with Gasteiger partial charge in [-0.1, -0.05) is 25.0 Å². The second kappa shape index (κ2) is 5.12. The second-order valence-corrected chi connectivity index (χ2v) is 6.58. The van der Waals surface area contributed by atoms with E-state index in [1.807, 2.05) is 6.92 Å². The highest BCUT2D eigenvalue weighted by atomic mass is 19.1. The number of hydrogen-bond donors (Lipinski definition) is 1. The van der Waals surface area contributed by atoms with Crippen molar-refractivity contribution in [1.82, 2.24) is 0 Å². The van der Waals surface area contributed by atoms with Crippen molar-refractivity contribution in [3.05, 3.63) is 35.6 Å². The Bertz CT molecular complexity index is 460. The first-order chi connectivity index (χ1) is 9.52. The van der Waals surface area contributed by atoms with Crippen molar-refractivity contribution in [3.63, 3.8) is 0 Å². The maximum atomic E-state index is 13.1. The van der Waals surface area contributed by atoms with Crippen LogP contribution in [0.2, 0.25) is 0 Å². The predicted molar refractivity (Wildman–Crippen MR) is 75.8 cm³/mol. The molecule has 1 aliphatic heterocycles. The Morgan fingerprint density at radius 2 is 1.90 bits per heavy atom. The average Bonchev–Trinajstić information content (AvgIpc) is 2.87. The average molecular weight is 278 g/mol. The Morgan fingerprint density at radius 3 is 2.55 bits per heavy atom. The van der Waals surface area contributed by atoms with Gasteiger partial charge < -0.3 is 9.84 Å². The molecule has 2 aliphatic rings. The Hall–Kier alpha value is -0.930. The van der Waals surface area contributed by atoms with Gasteiger partial charge in [0.25, 0.3) is 0 Å². The third-order valence-corrected chi connectivity index (χ3v) is 5.23. The van der Waals surface area contributed by atoms with Gasteiger partial charge in [-0.3, -0.25) is 0 Å². The fourth-order valence-electron chi connectivity index (χ4n) is 3.90. The first-order valence-electron chi connectivity index (χ1n) is 7.64. The summed E-state index contributed by atoms with van der Waals surface area (Å²) in [5.41, 5.74) is -0.112. The molecule has 2 nitrogen and oxygen atoms in total. The van der Waals surface area contributed by atoms with Crippen molar-refractivity contribution in [2.45, 2.75) is 56.7 Å². The maximum Gasteiger partial charge on any atom is 0.123 e. The molecule has 3 heteroatoms. The van der Waals surface area contributed by atoms with Gasteiger partial charge in [0.05, 0.1) is 11.2 Å².